The number of nitrogens with zero attached hydrogens (tertiary/aromatic N) is 1. The Morgan fingerprint density at radius 3 is 2.68 bits per heavy atom. The molecule has 3 unspecified atom stereocenters. The van der Waals surface area contributed by atoms with Gasteiger partial charge in [0.15, 0.2) is 0 Å². The number of nitrogens with one attached hydrogen (secondary N) is 1. The molecule has 0 radical (unpaired) electrons. The average Bonchev–Trinajstić information content (AvgIpc) is 2.38. The molecular weight excluding hydrogens is 236 g/mol. The molecular formula is C16H32N2O. The molecule has 1 saturated heterocycles. The van der Waals surface area contributed by atoms with E-state index in [1.165, 1.54) is 38.6 Å². The fourth-order valence-corrected chi connectivity index (χ4v) is 3.76. The van der Waals surface area contributed by atoms with E-state index in [0.717, 1.165) is 13.2 Å². The number of ether oxygens (including phenoxy) is 1. The molecule has 1 N–H and O–H groups in total. The SMILES string of the molecule is CNC(CCN1CCOC2CCCCC21)C(C)(C)C. The lowest BCUT2D eigenvalue weighted by molar-refractivity contribution is -0.0892. The van der Waals surface area contributed by atoms with Crippen molar-refractivity contribution in [3.63, 3.8) is 0 Å². The van der Waals surface area contributed by atoms with E-state index >= 15 is 0 Å². The number of hydrogen-bond donors (Lipinski definition) is 1. The summed E-state index contributed by atoms with van der Waals surface area (Å²) in [6.07, 6.45) is 7.11. The van der Waals surface area contributed by atoms with Crippen LogP contribution in [0.15, 0.2) is 0 Å². The monoisotopic (exact) mass is 268 g/mol. The van der Waals surface area contributed by atoms with Crippen LogP contribution >= 0.6 is 0 Å². The van der Waals surface area contributed by atoms with Gasteiger partial charge < -0.3 is 10.1 Å². The lowest BCUT2D eigenvalue weighted by Crippen LogP contribution is -2.54. The van der Waals surface area contributed by atoms with Crippen molar-refractivity contribution >= 4 is 0 Å². The fraction of sp³-hybridized carbons (Fsp3) is 1.00. The van der Waals surface area contributed by atoms with Crippen molar-refractivity contribution < 1.29 is 4.74 Å². The van der Waals surface area contributed by atoms with Crippen LogP contribution in [0.5, 0.6) is 0 Å². The summed E-state index contributed by atoms with van der Waals surface area (Å²) in [6.45, 7) is 10.3. The third-order valence-corrected chi connectivity index (χ3v) is 4.95. The molecule has 1 heterocycles. The van der Waals surface area contributed by atoms with Crippen molar-refractivity contribution in [2.75, 3.05) is 26.7 Å². The van der Waals surface area contributed by atoms with E-state index in [1.54, 1.807) is 0 Å². The summed E-state index contributed by atoms with van der Waals surface area (Å²) in [6, 6.07) is 1.29. The van der Waals surface area contributed by atoms with E-state index in [-0.39, 0.29) is 0 Å². The van der Waals surface area contributed by atoms with E-state index in [1.807, 2.05) is 0 Å². The summed E-state index contributed by atoms with van der Waals surface area (Å²) >= 11 is 0. The summed E-state index contributed by atoms with van der Waals surface area (Å²) in [7, 11) is 2.10. The van der Waals surface area contributed by atoms with Gasteiger partial charge in [-0.15, -0.1) is 0 Å². The normalized spacial score (nSPS) is 30.9. The fourth-order valence-electron chi connectivity index (χ4n) is 3.76. The summed E-state index contributed by atoms with van der Waals surface area (Å²) in [5.41, 5.74) is 0.340. The predicted molar refractivity (Wildman–Crippen MR) is 80.5 cm³/mol. The smallest absolute Gasteiger partial charge is 0.0730 e. The van der Waals surface area contributed by atoms with Crippen LogP contribution in [0, 0.1) is 5.41 Å². The maximum absolute atomic E-state index is 5.96. The van der Waals surface area contributed by atoms with Crippen LogP contribution in [0.2, 0.25) is 0 Å². The Bertz CT molecular complexity index is 272. The summed E-state index contributed by atoms with van der Waals surface area (Å²) in [5.74, 6) is 0. The highest BCUT2D eigenvalue weighted by Gasteiger charge is 2.34. The van der Waals surface area contributed by atoms with Gasteiger partial charge in [-0.25, -0.2) is 0 Å². The summed E-state index contributed by atoms with van der Waals surface area (Å²) in [4.78, 5) is 2.70. The first-order valence-electron chi connectivity index (χ1n) is 8.05. The minimum absolute atomic E-state index is 0.340. The molecule has 19 heavy (non-hydrogen) atoms. The van der Waals surface area contributed by atoms with Crippen molar-refractivity contribution in [3.05, 3.63) is 0 Å². The van der Waals surface area contributed by atoms with Crippen LogP contribution < -0.4 is 5.32 Å². The Morgan fingerprint density at radius 1 is 1.26 bits per heavy atom. The summed E-state index contributed by atoms with van der Waals surface area (Å²) < 4.78 is 5.96. The molecule has 3 nitrogen and oxygen atoms in total. The molecule has 1 saturated carbocycles. The molecule has 0 aromatic heterocycles. The second kappa shape index (κ2) is 6.55. The van der Waals surface area contributed by atoms with Gasteiger partial charge >= 0.3 is 0 Å². The molecule has 0 aromatic carbocycles. The standard InChI is InChI=1S/C16H32N2O/c1-16(2,3)15(17-4)9-10-18-11-12-19-14-8-6-5-7-13(14)18/h13-15,17H,5-12H2,1-4H3. The first kappa shape index (κ1) is 15.3. The zero-order valence-corrected chi connectivity index (χ0v) is 13.2. The molecule has 3 atom stereocenters. The van der Waals surface area contributed by atoms with Gasteiger partial charge in [-0.3, -0.25) is 4.90 Å². The molecule has 1 aliphatic heterocycles. The molecule has 0 amide bonds. The van der Waals surface area contributed by atoms with E-state index < -0.39 is 0 Å². The lowest BCUT2D eigenvalue weighted by atomic mass is 9.84. The van der Waals surface area contributed by atoms with Crippen LogP contribution in [-0.4, -0.2) is 49.8 Å². The molecule has 3 heteroatoms. The molecule has 112 valence electrons. The molecule has 2 aliphatic rings. The number of hydrogen-bond acceptors (Lipinski definition) is 3. The maximum Gasteiger partial charge on any atom is 0.0730 e. The van der Waals surface area contributed by atoms with E-state index in [4.69, 9.17) is 4.74 Å². The Morgan fingerprint density at radius 2 is 2.00 bits per heavy atom. The van der Waals surface area contributed by atoms with Gasteiger partial charge in [0.1, 0.15) is 0 Å². The van der Waals surface area contributed by atoms with Crippen molar-refractivity contribution in [2.45, 2.75) is 71.1 Å². The van der Waals surface area contributed by atoms with E-state index in [0.29, 0.717) is 23.6 Å². The number of fused-ring (bicyclic) bond motifs is 1. The van der Waals surface area contributed by atoms with Crippen LogP contribution in [0.3, 0.4) is 0 Å². The van der Waals surface area contributed by atoms with Crippen LogP contribution in [-0.2, 0) is 4.74 Å². The van der Waals surface area contributed by atoms with Crippen molar-refractivity contribution in [1.29, 1.82) is 0 Å². The molecule has 0 spiro atoms. The Kier molecular flexibility index (Phi) is 5.27. The topological polar surface area (TPSA) is 24.5 Å². The van der Waals surface area contributed by atoms with Crippen LogP contribution in [0.1, 0.15) is 52.9 Å². The highest BCUT2D eigenvalue weighted by Crippen LogP contribution is 2.29. The van der Waals surface area contributed by atoms with Crippen LogP contribution in [0.25, 0.3) is 0 Å². The van der Waals surface area contributed by atoms with Gasteiger partial charge in [-0.2, -0.15) is 0 Å². The minimum atomic E-state index is 0.340. The molecule has 1 aliphatic carbocycles. The highest BCUT2D eigenvalue weighted by molar-refractivity contribution is 4.89. The van der Waals surface area contributed by atoms with Gasteiger partial charge in [0.2, 0.25) is 0 Å². The van der Waals surface area contributed by atoms with Gasteiger partial charge in [0.05, 0.1) is 12.7 Å². The van der Waals surface area contributed by atoms with Gasteiger partial charge in [0.25, 0.3) is 0 Å². The van der Waals surface area contributed by atoms with Gasteiger partial charge in [-0.1, -0.05) is 33.6 Å². The average molecular weight is 268 g/mol. The first-order chi connectivity index (χ1) is 9.02. The zero-order valence-electron chi connectivity index (χ0n) is 13.2. The van der Waals surface area contributed by atoms with E-state index in [2.05, 4.69) is 38.0 Å². The first-order valence-corrected chi connectivity index (χ1v) is 8.05. The summed E-state index contributed by atoms with van der Waals surface area (Å²) in [5, 5.41) is 3.50. The van der Waals surface area contributed by atoms with Gasteiger partial charge in [-0.05, 0) is 31.7 Å². The van der Waals surface area contributed by atoms with Crippen molar-refractivity contribution in [1.82, 2.24) is 10.2 Å². The second-order valence-corrected chi connectivity index (χ2v) is 7.29. The molecule has 2 fully saturated rings. The van der Waals surface area contributed by atoms with Crippen LogP contribution in [0.4, 0.5) is 0 Å². The zero-order chi connectivity index (χ0) is 13.9. The number of morpholine rings is 1. The third kappa shape index (κ3) is 3.93. The predicted octanol–water partition coefficient (Wildman–Crippen LogP) is 2.65. The molecule has 0 bridgehead atoms. The van der Waals surface area contributed by atoms with Crippen molar-refractivity contribution in [2.24, 2.45) is 5.41 Å². The Labute approximate surface area is 119 Å². The maximum atomic E-state index is 5.96. The third-order valence-electron chi connectivity index (χ3n) is 4.95. The van der Waals surface area contributed by atoms with Crippen molar-refractivity contribution in [3.8, 4) is 0 Å². The highest BCUT2D eigenvalue weighted by atomic mass is 16.5. The quantitative estimate of drug-likeness (QED) is 0.848. The minimum Gasteiger partial charge on any atom is -0.375 e. The number of rotatable bonds is 4. The Balaban J connectivity index is 1.87. The largest absolute Gasteiger partial charge is 0.375 e. The second-order valence-electron chi connectivity index (χ2n) is 7.29. The van der Waals surface area contributed by atoms with E-state index in [9.17, 15) is 0 Å². The molecule has 2 rings (SSSR count). The molecule has 0 aromatic rings. The van der Waals surface area contributed by atoms with Gasteiger partial charge in [0, 0.05) is 25.2 Å². The Hall–Kier alpha value is -0.120. The lowest BCUT2D eigenvalue weighted by Gasteiger charge is -2.44.